The standard InChI is InChI=1S/C24H39O3PS/c1-2-3-4-28(29(25,26)27,23-11-17-5-18(12-23)7-19(6-17)13-23)24-14-20-8-21(15-24)10-22(9-20)16-24/h17-22H,2-16H2,1H3/p+1. The summed E-state index contributed by atoms with van der Waals surface area (Å²) in [6.07, 6.45) is 17.8. The molecule has 0 aliphatic heterocycles. The maximum atomic E-state index is 13.8. The molecule has 8 aliphatic carbocycles. The lowest BCUT2D eigenvalue weighted by molar-refractivity contribution is 0.0172. The molecule has 8 aliphatic rings. The number of hydrogen-bond acceptors (Lipinski definition) is 2. The van der Waals surface area contributed by atoms with Crippen molar-refractivity contribution in [2.45, 2.75) is 107 Å². The predicted octanol–water partition coefficient (Wildman–Crippen LogP) is 6.54. The zero-order chi connectivity index (χ0) is 20.1. The minimum Gasteiger partial charge on any atom is -0.257 e. The molecule has 8 fully saturated rings. The minimum atomic E-state index is -4.01. The highest BCUT2D eigenvalue weighted by Crippen LogP contribution is 2.91. The molecule has 0 spiro atoms. The second kappa shape index (κ2) is 6.44. The number of rotatable bonds is 6. The van der Waals surface area contributed by atoms with Gasteiger partial charge in [0.15, 0.2) is 6.46 Å². The molecule has 0 heterocycles. The van der Waals surface area contributed by atoms with Gasteiger partial charge >= 0.3 is 9.74 Å². The summed E-state index contributed by atoms with van der Waals surface area (Å²) in [6.45, 7) is -0.361. The van der Waals surface area contributed by atoms with Crippen LogP contribution in [0.2, 0.25) is 0 Å². The van der Waals surface area contributed by atoms with Gasteiger partial charge in [-0.2, -0.15) is 8.42 Å². The molecule has 8 bridgehead atoms. The Morgan fingerprint density at radius 2 is 1.03 bits per heavy atom. The van der Waals surface area contributed by atoms with Gasteiger partial charge in [-0.3, -0.25) is 4.55 Å². The first kappa shape index (κ1) is 20.0. The average molecular weight is 440 g/mol. The van der Waals surface area contributed by atoms with Gasteiger partial charge in [-0.05, 0) is 119 Å². The Bertz CT molecular complexity index is 673. The maximum absolute atomic E-state index is 13.8. The Balaban J connectivity index is 1.54. The molecule has 8 saturated carbocycles. The van der Waals surface area contributed by atoms with E-state index in [9.17, 15) is 13.0 Å². The van der Waals surface area contributed by atoms with E-state index in [1.54, 1.807) is 0 Å². The molecule has 0 aromatic carbocycles. The highest BCUT2D eigenvalue weighted by Gasteiger charge is 2.80. The normalized spacial score (nSPS) is 52.1. The fourth-order valence-electron chi connectivity index (χ4n) is 11.0. The second-order valence-corrected chi connectivity index (χ2v) is 20.5. The monoisotopic (exact) mass is 439 g/mol. The molecule has 3 nitrogen and oxygen atoms in total. The van der Waals surface area contributed by atoms with E-state index in [0.29, 0.717) is 0 Å². The van der Waals surface area contributed by atoms with Crippen LogP contribution in [0.25, 0.3) is 0 Å². The van der Waals surface area contributed by atoms with Crippen LogP contribution in [0.15, 0.2) is 0 Å². The zero-order valence-corrected chi connectivity index (χ0v) is 19.9. The summed E-state index contributed by atoms with van der Waals surface area (Å²) in [7, 11) is -4.01. The molecule has 0 unspecified atom stereocenters. The van der Waals surface area contributed by atoms with Gasteiger partial charge in [-0.1, -0.05) is 13.3 Å². The Labute approximate surface area is 178 Å². The highest BCUT2D eigenvalue weighted by molar-refractivity contribution is 8.55. The van der Waals surface area contributed by atoms with Crippen molar-refractivity contribution >= 4 is 16.2 Å². The molecule has 0 amide bonds. The van der Waals surface area contributed by atoms with Crippen LogP contribution in [0.5, 0.6) is 0 Å². The van der Waals surface area contributed by atoms with Gasteiger partial charge in [0, 0.05) is 0 Å². The van der Waals surface area contributed by atoms with Gasteiger partial charge in [0.25, 0.3) is 0 Å². The molecule has 0 saturated heterocycles. The third-order valence-electron chi connectivity index (χ3n) is 10.8. The minimum absolute atomic E-state index is 0.0316. The molecule has 0 aromatic heterocycles. The fourth-order valence-corrected chi connectivity index (χ4v) is 23.6. The summed E-state index contributed by atoms with van der Waals surface area (Å²) in [4.78, 5) is 0. The maximum Gasteiger partial charge on any atom is 0.382 e. The smallest absolute Gasteiger partial charge is 0.257 e. The molecular weight excluding hydrogens is 399 g/mol. The van der Waals surface area contributed by atoms with Crippen LogP contribution in [0.1, 0.15) is 96.8 Å². The van der Waals surface area contributed by atoms with E-state index in [1.807, 2.05) is 0 Å². The number of unbranched alkanes of at least 4 members (excludes halogenated alkanes) is 1. The van der Waals surface area contributed by atoms with Crippen molar-refractivity contribution in [3.8, 4) is 0 Å². The lowest BCUT2D eigenvalue weighted by atomic mass is 9.55. The van der Waals surface area contributed by atoms with Crippen molar-refractivity contribution in [1.29, 1.82) is 0 Å². The zero-order valence-electron chi connectivity index (χ0n) is 18.2. The second-order valence-electron chi connectivity index (χ2n) is 12.5. The molecule has 164 valence electrons. The molecule has 0 aromatic rings. The van der Waals surface area contributed by atoms with E-state index in [-0.39, 0.29) is 10.3 Å². The third kappa shape index (κ3) is 2.64. The molecule has 0 atom stereocenters. The van der Waals surface area contributed by atoms with E-state index >= 15 is 0 Å². The lowest BCUT2D eigenvalue weighted by Gasteiger charge is -2.66. The average Bonchev–Trinajstić information content (AvgIpc) is 2.58. The van der Waals surface area contributed by atoms with E-state index in [2.05, 4.69) is 6.92 Å². The van der Waals surface area contributed by atoms with Crippen molar-refractivity contribution in [2.24, 2.45) is 35.5 Å². The molecule has 1 N–H and O–H groups in total. The van der Waals surface area contributed by atoms with Gasteiger partial charge in [-0.15, -0.1) is 0 Å². The van der Waals surface area contributed by atoms with Crippen LogP contribution in [0, 0.1) is 35.5 Å². The van der Waals surface area contributed by atoms with Crippen molar-refractivity contribution in [3.63, 3.8) is 0 Å². The van der Waals surface area contributed by atoms with E-state index in [1.165, 1.54) is 38.5 Å². The van der Waals surface area contributed by atoms with E-state index < -0.39 is 16.2 Å². The summed E-state index contributed by atoms with van der Waals surface area (Å²) >= 11 is 0. The SMILES string of the molecule is CCCC[P+](C12CC3CC(CC(C3)C1)C2)(C12CC3CC(CC(C3)C1)C2)S(=O)(=O)O. The lowest BCUT2D eigenvalue weighted by Crippen LogP contribution is -2.61. The van der Waals surface area contributed by atoms with Gasteiger partial charge < -0.3 is 0 Å². The Morgan fingerprint density at radius 1 is 0.724 bits per heavy atom. The van der Waals surface area contributed by atoms with Crippen LogP contribution >= 0.6 is 6.46 Å². The van der Waals surface area contributed by atoms with E-state index in [0.717, 1.165) is 93.0 Å². The van der Waals surface area contributed by atoms with Crippen LogP contribution in [-0.4, -0.2) is 29.4 Å². The molecule has 29 heavy (non-hydrogen) atoms. The van der Waals surface area contributed by atoms with Crippen LogP contribution in [0.4, 0.5) is 0 Å². The topological polar surface area (TPSA) is 54.4 Å². The van der Waals surface area contributed by atoms with Gasteiger partial charge in [-0.25, -0.2) is 0 Å². The quantitative estimate of drug-likeness (QED) is 0.377. The Hall–Kier alpha value is 0.340. The van der Waals surface area contributed by atoms with Crippen LogP contribution < -0.4 is 0 Å². The fraction of sp³-hybridized carbons (Fsp3) is 1.00. The highest BCUT2D eigenvalue weighted by atomic mass is 32.8. The van der Waals surface area contributed by atoms with Crippen molar-refractivity contribution < 1.29 is 13.0 Å². The van der Waals surface area contributed by atoms with Crippen molar-refractivity contribution in [1.82, 2.24) is 0 Å². The van der Waals surface area contributed by atoms with Crippen molar-refractivity contribution in [3.05, 3.63) is 0 Å². The Morgan fingerprint density at radius 3 is 1.28 bits per heavy atom. The van der Waals surface area contributed by atoms with Crippen LogP contribution in [-0.2, 0) is 9.74 Å². The summed E-state index contributed by atoms with van der Waals surface area (Å²) in [5.41, 5.74) is 0. The van der Waals surface area contributed by atoms with Crippen LogP contribution in [0.3, 0.4) is 0 Å². The first-order chi connectivity index (χ1) is 13.8. The van der Waals surface area contributed by atoms with Gasteiger partial charge in [0.2, 0.25) is 0 Å². The number of hydrogen-bond donors (Lipinski definition) is 1. The first-order valence-corrected chi connectivity index (χ1v) is 16.7. The van der Waals surface area contributed by atoms with Crippen molar-refractivity contribution in [2.75, 3.05) is 6.16 Å². The summed E-state index contributed by atoms with van der Waals surface area (Å²) in [5.74, 6) is 4.49. The van der Waals surface area contributed by atoms with Gasteiger partial charge in [0.05, 0.1) is 16.5 Å². The Kier molecular flexibility index (Phi) is 4.44. The van der Waals surface area contributed by atoms with Gasteiger partial charge in [0.1, 0.15) is 0 Å². The van der Waals surface area contributed by atoms with E-state index in [4.69, 9.17) is 0 Å². The molecule has 5 heteroatoms. The molecule has 8 rings (SSSR count). The predicted molar refractivity (Wildman–Crippen MR) is 120 cm³/mol. The third-order valence-corrected chi connectivity index (χ3v) is 21.9. The summed E-state index contributed by atoms with van der Waals surface area (Å²) in [5, 5.41) is -0.0631. The largest absolute Gasteiger partial charge is 0.382 e. The molecular formula is C24H40O3PS+. The summed E-state index contributed by atoms with van der Waals surface area (Å²) < 4.78 is 38.9. The summed E-state index contributed by atoms with van der Waals surface area (Å²) in [6, 6.07) is 0. The first-order valence-electron chi connectivity index (χ1n) is 12.6. The molecule has 0 radical (unpaired) electrons.